The molecule has 0 aliphatic heterocycles. The quantitative estimate of drug-likeness (QED) is 0.809. The molecule has 0 heterocycles. The van der Waals surface area contributed by atoms with E-state index in [9.17, 15) is 0 Å². The van der Waals surface area contributed by atoms with E-state index in [1.165, 1.54) is 5.56 Å². The van der Waals surface area contributed by atoms with Gasteiger partial charge in [-0.05, 0) is 38.8 Å². The van der Waals surface area contributed by atoms with E-state index in [2.05, 4.69) is 42.6 Å². The Morgan fingerprint density at radius 3 is 2.47 bits per heavy atom. The normalized spacial score (nSPS) is 13.1. The zero-order valence-corrected chi connectivity index (χ0v) is 11.0. The van der Waals surface area contributed by atoms with Gasteiger partial charge < -0.3 is 5.32 Å². The van der Waals surface area contributed by atoms with Gasteiger partial charge in [-0.25, -0.2) is 0 Å². The molecular weight excluding hydrogens is 208 g/mol. The van der Waals surface area contributed by atoms with Crippen LogP contribution < -0.4 is 5.32 Å². The van der Waals surface area contributed by atoms with E-state index in [0.717, 1.165) is 19.4 Å². The van der Waals surface area contributed by atoms with Crippen molar-refractivity contribution in [1.29, 1.82) is 5.26 Å². The molecule has 1 unspecified atom stereocenters. The largest absolute Gasteiger partial charge is 0.310 e. The fraction of sp³-hybridized carbons (Fsp3) is 0.533. The Hall–Kier alpha value is -1.33. The summed E-state index contributed by atoms with van der Waals surface area (Å²) in [6, 6.07) is 13.2. The van der Waals surface area contributed by atoms with Crippen molar-refractivity contribution in [2.45, 2.75) is 39.7 Å². The summed E-state index contributed by atoms with van der Waals surface area (Å²) >= 11 is 0. The second-order valence-electron chi connectivity index (χ2n) is 5.07. The van der Waals surface area contributed by atoms with Crippen LogP contribution in [0.25, 0.3) is 0 Å². The number of nitriles is 1. The summed E-state index contributed by atoms with van der Waals surface area (Å²) in [5.74, 6) is 0. The summed E-state index contributed by atoms with van der Waals surface area (Å²) in [6.07, 6.45) is 1.95. The minimum atomic E-state index is -0.234. The monoisotopic (exact) mass is 230 g/mol. The third-order valence-electron chi connectivity index (χ3n) is 3.05. The van der Waals surface area contributed by atoms with Gasteiger partial charge in [-0.2, -0.15) is 5.26 Å². The minimum Gasteiger partial charge on any atom is -0.310 e. The first-order valence-corrected chi connectivity index (χ1v) is 6.28. The second-order valence-corrected chi connectivity index (χ2v) is 5.07. The highest BCUT2D eigenvalue weighted by molar-refractivity contribution is 5.18. The van der Waals surface area contributed by atoms with Crippen LogP contribution in [-0.2, 0) is 0 Å². The van der Waals surface area contributed by atoms with Gasteiger partial charge in [-0.1, -0.05) is 37.3 Å². The molecule has 0 aromatic heterocycles. The van der Waals surface area contributed by atoms with E-state index in [1.807, 2.05) is 19.9 Å². The molecule has 0 fully saturated rings. The Morgan fingerprint density at radius 1 is 1.29 bits per heavy atom. The highest BCUT2D eigenvalue weighted by atomic mass is 14.9. The summed E-state index contributed by atoms with van der Waals surface area (Å²) in [7, 11) is 0. The second kappa shape index (κ2) is 6.42. The van der Waals surface area contributed by atoms with Crippen molar-refractivity contribution >= 4 is 0 Å². The lowest BCUT2D eigenvalue weighted by molar-refractivity contribution is 0.406. The van der Waals surface area contributed by atoms with Gasteiger partial charge in [0.05, 0.1) is 11.5 Å². The fourth-order valence-electron chi connectivity index (χ4n) is 1.80. The molecule has 1 aromatic carbocycles. The Bertz CT molecular complexity index is 362. The van der Waals surface area contributed by atoms with Crippen LogP contribution in [0, 0.1) is 16.7 Å². The van der Waals surface area contributed by atoms with Crippen LogP contribution in [0.1, 0.15) is 45.2 Å². The zero-order chi connectivity index (χ0) is 12.7. The maximum atomic E-state index is 8.96. The summed E-state index contributed by atoms with van der Waals surface area (Å²) < 4.78 is 0. The predicted octanol–water partition coefficient (Wildman–Crippen LogP) is 3.67. The van der Waals surface area contributed by atoms with Crippen LogP contribution in [-0.4, -0.2) is 6.54 Å². The lowest BCUT2D eigenvalue weighted by Crippen LogP contribution is -2.25. The van der Waals surface area contributed by atoms with Crippen LogP contribution in [0.5, 0.6) is 0 Å². The lowest BCUT2D eigenvalue weighted by atomic mass is 9.91. The summed E-state index contributed by atoms with van der Waals surface area (Å²) in [5, 5.41) is 12.5. The topological polar surface area (TPSA) is 35.8 Å². The molecule has 0 radical (unpaired) electrons. The average Bonchev–Trinajstić information content (AvgIpc) is 2.36. The molecule has 1 aromatic rings. The van der Waals surface area contributed by atoms with E-state index in [-0.39, 0.29) is 5.41 Å². The van der Waals surface area contributed by atoms with Crippen LogP contribution in [0.15, 0.2) is 30.3 Å². The number of benzene rings is 1. The molecule has 92 valence electrons. The van der Waals surface area contributed by atoms with Gasteiger partial charge in [-0.15, -0.1) is 0 Å². The maximum Gasteiger partial charge on any atom is 0.0684 e. The first-order valence-electron chi connectivity index (χ1n) is 6.28. The van der Waals surface area contributed by atoms with Gasteiger partial charge in [0, 0.05) is 6.04 Å². The lowest BCUT2D eigenvalue weighted by Gasteiger charge is -2.20. The van der Waals surface area contributed by atoms with Crippen molar-refractivity contribution in [2.24, 2.45) is 5.41 Å². The van der Waals surface area contributed by atoms with Gasteiger partial charge in [-0.3, -0.25) is 0 Å². The van der Waals surface area contributed by atoms with Crippen LogP contribution in [0.4, 0.5) is 0 Å². The zero-order valence-electron chi connectivity index (χ0n) is 11.0. The molecule has 0 amide bonds. The summed E-state index contributed by atoms with van der Waals surface area (Å²) in [6.45, 7) is 7.03. The van der Waals surface area contributed by atoms with Crippen molar-refractivity contribution in [3.63, 3.8) is 0 Å². The Morgan fingerprint density at radius 2 is 1.94 bits per heavy atom. The van der Waals surface area contributed by atoms with Gasteiger partial charge in [0.15, 0.2) is 0 Å². The molecule has 0 saturated heterocycles. The summed E-state index contributed by atoms with van der Waals surface area (Å²) in [4.78, 5) is 0. The molecule has 1 atom stereocenters. The van der Waals surface area contributed by atoms with E-state index in [0.29, 0.717) is 6.04 Å². The van der Waals surface area contributed by atoms with Gasteiger partial charge in [0.25, 0.3) is 0 Å². The average molecular weight is 230 g/mol. The highest BCUT2D eigenvalue weighted by Gasteiger charge is 2.17. The van der Waals surface area contributed by atoms with Crippen molar-refractivity contribution in [2.75, 3.05) is 6.54 Å². The number of rotatable bonds is 6. The molecule has 0 saturated carbocycles. The molecular formula is C15H22N2. The molecule has 1 rings (SSSR count). The maximum absolute atomic E-state index is 8.96. The third kappa shape index (κ3) is 4.58. The number of nitrogens with zero attached hydrogens (tertiary/aromatic N) is 1. The molecule has 2 nitrogen and oxygen atoms in total. The van der Waals surface area contributed by atoms with Crippen LogP contribution in [0.3, 0.4) is 0 Å². The van der Waals surface area contributed by atoms with Crippen molar-refractivity contribution in [1.82, 2.24) is 5.32 Å². The van der Waals surface area contributed by atoms with Crippen molar-refractivity contribution in [3.8, 4) is 6.07 Å². The summed E-state index contributed by atoms with van der Waals surface area (Å²) in [5.41, 5.74) is 1.09. The van der Waals surface area contributed by atoms with Crippen molar-refractivity contribution < 1.29 is 0 Å². The Balaban J connectivity index is 2.47. The van der Waals surface area contributed by atoms with Crippen LogP contribution in [0.2, 0.25) is 0 Å². The molecule has 0 aliphatic rings. The minimum absolute atomic E-state index is 0.234. The molecule has 0 bridgehead atoms. The standard InChI is InChI=1S/C15H22N2/c1-4-14(13-8-6-5-7-9-13)17-11-10-15(2,3)12-16/h5-9,14,17H,4,10-11H2,1-3H3. The Kier molecular flexibility index (Phi) is 5.18. The van der Waals surface area contributed by atoms with E-state index < -0.39 is 0 Å². The van der Waals surface area contributed by atoms with E-state index in [1.54, 1.807) is 0 Å². The Labute approximate surface area is 105 Å². The SMILES string of the molecule is CCC(NCCC(C)(C)C#N)c1ccccc1. The number of nitrogens with one attached hydrogen (secondary N) is 1. The molecule has 2 heteroatoms. The molecule has 0 aliphatic carbocycles. The van der Waals surface area contributed by atoms with Gasteiger partial charge in [0.1, 0.15) is 0 Å². The van der Waals surface area contributed by atoms with E-state index in [4.69, 9.17) is 5.26 Å². The molecule has 17 heavy (non-hydrogen) atoms. The smallest absolute Gasteiger partial charge is 0.0684 e. The van der Waals surface area contributed by atoms with E-state index >= 15 is 0 Å². The fourth-order valence-corrected chi connectivity index (χ4v) is 1.80. The van der Waals surface area contributed by atoms with Crippen LogP contribution >= 0.6 is 0 Å². The molecule has 0 spiro atoms. The third-order valence-corrected chi connectivity index (χ3v) is 3.05. The number of hydrogen-bond acceptors (Lipinski definition) is 2. The first-order chi connectivity index (χ1) is 8.09. The van der Waals surface area contributed by atoms with Gasteiger partial charge in [0.2, 0.25) is 0 Å². The number of hydrogen-bond donors (Lipinski definition) is 1. The van der Waals surface area contributed by atoms with Gasteiger partial charge >= 0.3 is 0 Å². The van der Waals surface area contributed by atoms with Crippen molar-refractivity contribution in [3.05, 3.63) is 35.9 Å². The first kappa shape index (κ1) is 13.7. The highest BCUT2D eigenvalue weighted by Crippen LogP contribution is 2.20. The predicted molar refractivity (Wildman–Crippen MR) is 71.5 cm³/mol. The molecule has 1 N–H and O–H groups in total.